The van der Waals surface area contributed by atoms with E-state index in [1.54, 1.807) is 0 Å². The topological polar surface area (TPSA) is 157 Å². The Morgan fingerprint density at radius 1 is 1.41 bits per heavy atom. The van der Waals surface area contributed by atoms with Gasteiger partial charge in [0.25, 0.3) is 5.69 Å². The molecule has 0 unspecified atom stereocenters. The lowest BCUT2D eigenvalue weighted by Crippen LogP contribution is -2.93. The van der Waals surface area contributed by atoms with Crippen molar-refractivity contribution in [2.45, 2.75) is 18.9 Å². The van der Waals surface area contributed by atoms with Crippen LogP contribution in [0, 0.1) is 10.1 Å². The second kappa shape index (κ2) is 8.70. The standard InChI is InChI=1S/C13H18N4O5/c14-5-2-6-15-11(13(19)20)8-12(18)16-9-3-1-4-10(7-9)17(21)22/h1,3-4,7,11,15H,2,5-6,8,14H2,(H,16,18)(H,19,20)/p+1/t11-/m0/s1. The van der Waals surface area contributed by atoms with Crippen LogP contribution in [0.1, 0.15) is 12.8 Å². The molecule has 120 valence electrons. The molecule has 0 bridgehead atoms. The smallest absolute Gasteiger partial charge is 0.271 e. The number of nitro groups is 1. The number of hydrogen-bond donors (Lipinski definition) is 3. The van der Waals surface area contributed by atoms with Crippen LogP contribution in [0.4, 0.5) is 11.4 Å². The molecule has 1 atom stereocenters. The Bertz CT molecular complexity index is 549. The van der Waals surface area contributed by atoms with Crippen molar-refractivity contribution in [2.24, 2.45) is 0 Å². The Kier molecular flexibility index (Phi) is 6.93. The van der Waals surface area contributed by atoms with Gasteiger partial charge in [0.1, 0.15) is 6.04 Å². The summed E-state index contributed by atoms with van der Waals surface area (Å²) in [4.78, 5) is 32.9. The monoisotopic (exact) mass is 311 g/mol. The summed E-state index contributed by atoms with van der Waals surface area (Å²) in [7, 11) is 0. The Labute approximate surface area is 126 Å². The van der Waals surface area contributed by atoms with E-state index in [1.807, 2.05) is 0 Å². The summed E-state index contributed by atoms with van der Waals surface area (Å²) in [5.74, 6) is -1.86. The normalized spacial score (nSPS) is 11.7. The predicted molar refractivity (Wildman–Crippen MR) is 74.3 cm³/mol. The first-order valence-corrected chi connectivity index (χ1v) is 6.81. The van der Waals surface area contributed by atoms with E-state index in [4.69, 9.17) is 0 Å². The van der Waals surface area contributed by atoms with Crippen LogP contribution in [0.25, 0.3) is 0 Å². The van der Waals surface area contributed by atoms with E-state index in [1.165, 1.54) is 29.6 Å². The van der Waals surface area contributed by atoms with Crippen LogP contribution in [0.2, 0.25) is 0 Å². The van der Waals surface area contributed by atoms with E-state index in [0.717, 1.165) is 6.42 Å². The van der Waals surface area contributed by atoms with Gasteiger partial charge in [-0.15, -0.1) is 0 Å². The number of nitrogens with two attached hydrogens (primary N) is 1. The second-order valence-electron chi connectivity index (χ2n) is 4.72. The Morgan fingerprint density at radius 3 is 2.73 bits per heavy atom. The van der Waals surface area contributed by atoms with Gasteiger partial charge < -0.3 is 26.3 Å². The lowest BCUT2D eigenvalue weighted by atomic mass is 10.2. The van der Waals surface area contributed by atoms with Crippen molar-refractivity contribution in [3.63, 3.8) is 0 Å². The summed E-state index contributed by atoms with van der Waals surface area (Å²) >= 11 is 0. The van der Waals surface area contributed by atoms with Gasteiger partial charge in [-0.25, -0.2) is 0 Å². The zero-order valence-corrected chi connectivity index (χ0v) is 12.0. The summed E-state index contributed by atoms with van der Waals surface area (Å²) in [5, 5.41) is 25.6. The number of carboxylic acids is 1. The van der Waals surface area contributed by atoms with Gasteiger partial charge in [0.05, 0.1) is 30.4 Å². The third-order valence-corrected chi connectivity index (χ3v) is 2.95. The second-order valence-corrected chi connectivity index (χ2v) is 4.72. The Hall–Kier alpha value is -2.52. The quantitative estimate of drug-likeness (QED) is 0.256. The molecule has 22 heavy (non-hydrogen) atoms. The number of carboxylic acid groups (broad SMARTS) is 1. The highest BCUT2D eigenvalue weighted by Gasteiger charge is 2.18. The molecule has 0 fully saturated rings. The molecular weight excluding hydrogens is 292 g/mol. The molecule has 0 saturated carbocycles. The van der Waals surface area contributed by atoms with Crippen LogP contribution in [0.15, 0.2) is 24.3 Å². The first-order chi connectivity index (χ1) is 10.4. The molecule has 0 aliphatic heterocycles. The number of quaternary nitrogens is 2. The molecule has 0 spiro atoms. The summed E-state index contributed by atoms with van der Waals surface area (Å²) in [6.07, 6.45) is 0.457. The predicted octanol–water partition coefficient (Wildman–Crippen LogP) is -2.76. The van der Waals surface area contributed by atoms with Gasteiger partial charge in [-0.2, -0.15) is 0 Å². The minimum Gasteiger partial charge on any atom is -0.544 e. The molecule has 0 aliphatic rings. The first kappa shape index (κ1) is 17.5. The molecular formula is C13H19N4O5+. The molecule has 0 heterocycles. The van der Waals surface area contributed by atoms with E-state index in [2.05, 4.69) is 11.1 Å². The van der Waals surface area contributed by atoms with Crippen molar-refractivity contribution in [1.29, 1.82) is 0 Å². The average molecular weight is 311 g/mol. The maximum absolute atomic E-state index is 11.8. The van der Waals surface area contributed by atoms with Gasteiger partial charge >= 0.3 is 0 Å². The number of nitrogens with one attached hydrogen (secondary N) is 1. The number of aliphatic carboxylic acids is 1. The van der Waals surface area contributed by atoms with Gasteiger partial charge in [-0.1, -0.05) is 6.07 Å². The van der Waals surface area contributed by atoms with Crippen LogP contribution < -0.4 is 21.5 Å². The van der Waals surface area contributed by atoms with Gasteiger partial charge in [0.2, 0.25) is 5.91 Å². The van der Waals surface area contributed by atoms with Crippen LogP contribution in [-0.2, 0) is 9.59 Å². The SMILES string of the molecule is [NH3+]CCC[NH2+][C@@H](CC(=O)Nc1cccc([N+](=O)[O-])c1)C(=O)[O-]. The van der Waals surface area contributed by atoms with Crippen molar-refractivity contribution < 1.29 is 30.7 Å². The Balaban J connectivity index is 2.61. The number of anilines is 1. The summed E-state index contributed by atoms with van der Waals surface area (Å²) in [5.41, 5.74) is 3.74. The third kappa shape index (κ3) is 5.85. The molecule has 9 heteroatoms. The minimum atomic E-state index is -1.32. The average Bonchev–Trinajstić information content (AvgIpc) is 2.46. The molecule has 6 N–H and O–H groups in total. The van der Waals surface area contributed by atoms with Gasteiger partial charge in [0, 0.05) is 24.2 Å². The van der Waals surface area contributed by atoms with Crippen LogP contribution in [0.5, 0.6) is 0 Å². The maximum atomic E-state index is 11.8. The summed E-state index contributed by atoms with van der Waals surface area (Å²) in [6.45, 7) is 1.21. The van der Waals surface area contributed by atoms with E-state index in [9.17, 15) is 24.8 Å². The van der Waals surface area contributed by atoms with E-state index < -0.39 is 22.8 Å². The minimum absolute atomic E-state index is 0.156. The lowest BCUT2D eigenvalue weighted by Gasteiger charge is -2.16. The van der Waals surface area contributed by atoms with Gasteiger partial charge in [0.15, 0.2) is 0 Å². The van der Waals surface area contributed by atoms with Crippen molar-refractivity contribution in [3.05, 3.63) is 34.4 Å². The van der Waals surface area contributed by atoms with E-state index >= 15 is 0 Å². The number of carbonyl (C=O) groups is 2. The fourth-order valence-corrected chi connectivity index (χ4v) is 1.84. The molecule has 0 aromatic heterocycles. The number of rotatable bonds is 9. The molecule has 9 nitrogen and oxygen atoms in total. The van der Waals surface area contributed by atoms with Crippen LogP contribution in [-0.4, -0.2) is 35.9 Å². The molecule has 0 aliphatic carbocycles. The molecule has 1 rings (SSSR count). The van der Waals surface area contributed by atoms with Gasteiger partial charge in [-0.05, 0) is 6.07 Å². The highest BCUT2D eigenvalue weighted by atomic mass is 16.6. The number of hydrogen-bond acceptors (Lipinski definition) is 5. The molecule has 0 saturated heterocycles. The maximum Gasteiger partial charge on any atom is 0.271 e. The number of amides is 1. The fourth-order valence-electron chi connectivity index (χ4n) is 1.84. The zero-order chi connectivity index (χ0) is 16.5. The van der Waals surface area contributed by atoms with Crippen LogP contribution >= 0.6 is 0 Å². The molecule has 0 radical (unpaired) electrons. The van der Waals surface area contributed by atoms with Gasteiger partial charge in [-0.3, -0.25) is 14.9 Å². The summed E-state index contributed by atoms with van der Waals surface area (Å²) in [6, 6.07) is 4.44. The van der Waals surface area contributed by atoms with Crippen molar-refractivity contribution in [3.8, 4) is 0 Å². The number of carbonyl (C=O) groups excluding carboxylic acids is 2. The van der Waals surface area contributed by atoms with Crippen LogP contribution in [0.3, 0.4) is 0 Å². The van der Waals surface area contributed by atoms with E-state index in [-0.39, 0.29) is 17.8 Å². The molecule has 1 aromatic carbocycles. The first-order valence-electron chi connectivity index (χ1n) is 6.81. The Morgan fingerprint density at radius 2 is 2.14 bits per heavy atom. The lowest BCUT2D eigenvalue weighted by molar-refractivity contribution is -0.684. The zero-order valence-electron chi connectivity index (χ0n) is 12.0. The van der Waals surface area contributed by atoms with Crippen molar-refractivity contribution >= 4 is 23.3 Å². The number of nitro benzene ring substituents is 1. The number of benzene rings is 1. The molecule has 1 aromatic rings. The summed E-state index contributed by atoms with van der Waals surface area (Å²) < 4.78 is 0. The largest absolute Gasteiger partial charge is 0.544 e. The molecule has 1 amide bonds. The fraction of sp³-hybridized carbons (Fsp3) is 0.385. The number of nitrogens with zero attached hydrogens (tertiary/aromatic N) is 1. The number of non-ortho nitro benzene ring substituents is 1. The highest BCUT2D eigenvalue weighted by molar-refractivity contribution is 5.93. The van der Waals surface area contributed by atoms with Crippen molar-refractivity contribution in [2.75, 3.05) is 18.4 Å². The van der Waals surface area contributed by atoms with Crippen molar-refractivity contribution in [1.82, 2.24) is 0 Å². The highest BCUT2D eigenvalue weighted by Crippen LogP contribution is 2.17. The van der Waals surface area contributed by atoms with E-state index in [0.29, 0.717) is 13.1 Å². The third-order valence-electron chi connectivity index (χ3n) is 2.95.